The largest absolute Gasteiger partial charge is 0.433 e. The summed E-state index contributed by atoms with van der Waals surface area (Å²) in [6, 6.07) is 10.3. The Kier molecular flexibility index (Phi) is 8.98. The molecule has 4 aromatic heterocycles. The smallest absolute Gasteiger partial charge is 0.367 e. The number of aromatic nitrogens is 6. The minimum Gasteiger partial charge on any atom is -0.367 e. The van der Waals surface area contributed by atoms with E-state index in [1.807, 2.05) is 36.1 Å². The average Bonchev–Trinajstić information content (AvgIpc) is 3.67. The summed E-state index contributed by atoms with van der Waals surface area (Å²) in [5, 5.41) is 10.4. The molecule has 2 aliphatic heterocycles. The van der Waals surface area contributed by atoms with E-state index in [0.29, 0.717) is 17.0 Å². The number of alkyl halides is 3. The van der Waals surface area contributed by atoms with Crippen molar-refractivity contribution >= 4 is 51.2 Å². The van der Waals surface area contributed by atoms with E-state index in [2.05, 4.69) is 30.4 Å². The van der Waals surface area contributed by atoms with E-state index in [-0.39, 0.29) is 48.0 Å². The lowest BCUT2D eigenvalue weighted by Crippen LogP contribution is -2.59. The maximum absolute atomic E-state index is 13.4. The van der Waals surface area contributed by atoms with Crippen molar-refractivity contribution in [3.05, 3.63) is 76.7 Å². The van der Waals surface area contributed by atoms with E-state index in [1.54, 1.807) is 17.7 Å². The summed E-state index contributed by atoms with van der Waals surface area (Å²) in [5.74, 6) is -0.809. The van der Waals surface area contributed by atoms with Crippen LogP contribution in [-0.2, 0) is 22.8 Å². The highest BCUT2D eigenvalue weighted by Crippen LogP contribution is 2.36. The van der Waals surface area contributed by atoms with Gasteiger partial charge in [0.15, 0.2) is 0 Å². The number of rotatable bonds is 8. The van der Waals surface area contributed by atoms with Gasteiger partial charge in [0, 0.05) is 51.7 Å². The molecule has 0 radical (unpaired) electrons. The third-order valence-corrected chi connectivity index (χ3v) is 11.1. The topological polar surface area (TPSA) is 152 Å². The minimum absolute atomic E-state index is 0.192. The van der Waals surface area contributed by atoms with Gasteiger partial charge < -0.3 is 10.2 Å². The molecule has 5 aromatic rings. The molecule has 1 aromatic carbocycles. The number of hydrogen-bond acceptors (Lipinski definition) is 9. The summed E-state index contributed by atoms with van der Waals surface area (Å²) in [5.41, 5.74) is 1.24. The van der Waals surface area contributed by atoms with Crippen LogP contribution < -0.4 is 21.2 Å². The summed E-state index contributed by atoms with van der Waals surface area (Å²) in [7, 11) is 3.77. The predicted octanol–water partition coefficient (Wildman–Crippen LogP) is 4.28. The molecular weight excluding hydrogens is 705 g/mol. The van der Waals surface area contributed by atoms with Gasteiger partial charge in [-0.1, -0.05) is 12.1 Å². The predicted molar refractivity (Wildman–Crippen MR) is 193 cm³/mol. The summed E-state index contributed by atoms with van der Waals surface area (Å²) >= 11 is 0. The maximum atomic E-state index is 13.4. The number of amides is 3. The van der Waals surface area contributed by atoms with Crippen molar-refractivity contribution in [2.24, 2.45) is 13.0 Å². The molecule has 17 heteroatoms. The number of nitrogens with zero attached hydrogens (tertiary/aromatic N) is 8. The molecule has 3 amide bonds. The van der Waals surface area contributed by atoms with Gasteiger partial charge in [0.1, 0.15) is 28.8 Å². The molecule has 2 N–H and O–H groups in total. The average molecular weight is 745 g/mol. The Morgan fingerprint density at radius 3 is 2.54 bits per heavy atom. The van der Waals surface area contributed by atoms with Crippen LogP contribution in [0, 0.1) is 5.92 Å². The molecule has 1 unspecified atom stereocenters. The van der Waals surface area contributed by atoms with E-state index in [4.69, 9.17) is 5.10 Å². The summed E-state index contributed by atoms with van der Waals surface area (Å²) in [6.07, 6.45) is 3.32. The van der Waals surface area contributed by atoms with Gasteiger partial charge in [-0.05, 0) is 68.4 Å². The van der Waals surface area contributed by atoms with E-state index >= 15 is 0 Å². The van der Waals surface area contributed by atoms with Crippen LogP contribution in [0.2, 0.25) is 0 Å². The SMILES string of the molecule is CN(c1cccc2c1n(C)c(=O)n2C1CCC(=O)NC1=O)C1CN(CC2CCC(n3cc4cc(NC(=O)c5cccc(C(F)(F)F)n5)ncc4n3)CC2)C1. The second kappa shape index (κ2) is 13.7. The van der Waals surface area contributed by atoms with E-state index in [1.165, 1.54) is 16.8 Å². The molecule has 2 saturated heterocycles. The zero-order valence-electron chi connectivity index (χ0n) is 29.7. The van der Waals surface area contributed by atoms with Crippen LogP contribution in [0.3, 0.4) is 0 Å². The fraction of sp³-hybridized carbons (Fsp3) is 0.432. The Labute approximate surface area is 306 Å². The lowest BCUT2D eigenvalue weighted by Gasteiger charge is -2.47. The number of imide groups is 1. The Hall–Kier alpha value is -5.58. The number of likely N-dealkylation sites (N-methyl/N-ethyl adjacent to an activating group) is 1. The van der Waals surface area contributed by atoms with Crippen LogP contribution >= 0.6 is 0 Å². The van der Waals surface area contributed by atoms with Crippen LogP contribution in [0.5, 0.6) is 0 Å². The number of carbonyl (C=O) groups excluding carboxylic acids is 3. The highest BCUT2D eigenvalue weighted by Gasteiger charge is 2.36. The minimum atomic E-state index is -4.66. The lowest BCUT2D eigenvalue weighted by molar-refractivity contribution is -0.141. The number of halogens is 3. The van der Waals surface area contributed by atoms with Crippen molar-refractivity contribution in [1.82, 2.24) is 39.1 Å². The summed E-state index contributed by atoms with van der Waals surface area (Å²) in [6.45, 7) is 2.80. The molecule has 3 fully saturated rings. The van der Waals surface area contributed by atoms with Crippen molar-refractivity contribution in [2.45, 2.75) is 62.8 Å². The molecule has 3 aliphatic rings. The first-order valence-electron chi connectivity index (χ1n) is 18.0. The molecule has 1 saturated carbocycles. The molecule has 8 rings (SSSR count). The number of aryl methyl sites for hydroxylation is 1. The number of likely N-dealkylation sites (tertiary alicyclic amines) is 1. The molecule has 6 heterocycles. The molecule has 14 nitrogen and oxygen atoms in total. The lowest BCUT2D eigenvalue weighted by atomic mass is 9.85. The van der Waals surface area contributed by atoms with E-state index < -0.39 is 29.7 Å². The van der Waals surface area contributed by atoms with Crippen LogP contribution in [0.4, 0.5) is 24.7 Å². The van der Waals surface area contributed by atoms with Crippen LogP contribution in [0.15, 0.2) is 59.7 Å². The maximum Gasteiger partial charge on any atom is 0.433 e. The number of piperidine rings is 1. The fourth-order valence-corrected chi connectivity index (χ4v) is 8.12. The first-order chi connectivity index (χ1) is 25.8. The second-order valence-corrected chi connectivity index (χ2v) is 14.6. The highest BCUT2D eigenvalue weighted by atomic mass is 19.4. The number of fused-ring (bicyclic) bond motifs is 2. The quantitative estimate of drug-likeness (QED) is 0.222. The summed E-state index contributed by atoms with van der Waals surface area (Å²) in [4.78, 5) is 62.8. The Balaban J connectivity index is 0.853. The molecule has 282 valence electrons. The number of carbonyl (C=O) groups is 3. The molecule has 54 heavy (non-hydrogen) atoms. The normalized spacial score (nSPS) is 21.3. The van der Waals surface area contributed by atoms with Gasteiger partial charge in [-0.3, -0.25) is 38.4 Å². The van der Waals surface area contributed by atoms with Gasteiger partial charge >= 0.3 is 11.9 Å². The summed E-state index contributed by atoms with van der Waals surface area (Å²) < 4.78 is 44.2. The Bertz CT molecular complexity index is 2340. The number of anilines is 2. The van der Waals surface area contributed by atoms with Crippen LogP contribution in [-0.4, -0.2) is 84.2 Å². The third kappa shape index (κ3) is 6.60. The van der Waals surface area contributed by atoms with Crippen molar-refractivity contribution in [1.29, 1.82) is 0 Å². The van der Waals surface area contributed by atoms with Crippen molar-refractivity contribution in [2.75, 3.05) is 36.9 Å². The number of imidazole rings is 1. The monoisotopic (exact) mass is 744 g/mol. The van der Waals surface area contributed by atoms with Gasteiger partial charge in [0.05, 0.1) is 35.0 Å². The van der Waals surface area contributed by atoms with Gasteiger partial charge in [-0.25, -0.2) is 14.8 Å². The number of hydrogen-bond donors (Lipinski definition) is 2. The van der Waals surface area contributed by atoms with Gasteiger partial charge in [0.25, 0.3) is 5.91 Å². The van der Waals surface area contributed by atoms with Crippen molar-refractivity contribution in [3.63, 3.8) is 0 Å². The number of nitrogens with one attached hydrogen (secondary N) is 2. The fourth-order valence-electron chi connectivity index (χ4n) is 8.12. The zero-order chi connectivity index (χ0) is 37.9. The van der Waals surface area contributed by atoms with Crippen molar-refractivity contribution in [3.8, 4) is 0 Å². The third-order valence-electron chi connectivity index (χ3n) is 11.1. The van der Waals surface area contributed by atoms with Gasteiger partial charge in [-0.15, -0.1) is 0 Å². The molecule has 1 atom stereocenters. The number of benzene rings is 1. The van der Waals surface area contributed by atoms with Gasteiger partial charge in [-0.2, -0.15) is 18.3 Å². The van der Waals surface area contributed by atoms with E-state index in [0.717, 1.165) is 74.0 Å². The van der Waals surface area contributed by atoms with Crippen LogP contribution in [0.25, 0.3) is 21.9 Å². The second-order valence-electron chi connectivity index (χ2n) is 14.6. The Morgan fingerprint density at radius 1 is 1.04 bits per heavy atom. The van der Waals surface area contributed by atoms with Gasteiger partial charge in [0.2, 0.25) is 11.8 Å². The van der Waals surface area contributed by atoms with E-state index in [9.17, 15) is 32.3 Å². The zero-order valence-corrected chi connectivity index (χ0v) is 29.7. The molecular formula is C37H39F3N10O4. The molecule has 1 aliphatic carbocycles. The molecule has 0 spiro atoms. The standard InChI is InChI=1S/C37H39F3N10O4/c1-46(27-6-4-7-28-33(27)47(2)36(54)50(28)29-13-14-32(51)44-35(29)53)24-19-48(20-24)17-21-9-11-23(12-10-21)49-18-22-15-31(41-16-26(22)45-49)43-34(52)25-5-3-8-30(42-25)37(38,39)40/h3-8,15-16,18,21,23-24,29H,9-14,17,19-20H2,1-2H3,(H,43,52)(H,44,51,53). The van der Waals surface area contributed by atoms with Crippen LogP contribution in [0.1, 0.15) is 66.8 Å². The number of para-hydroxylation sites is 1. The highest BCUT2D eigenvalue weighted by molar-refractivity contribution is 6.03. The first kappa shape index (κ1) is 35.4. The molecule has 0 bridgehead atoms. The Morgan fingerprint density at radius 2 is 1.80 bits per heavy atom. The first-order valence-corrected chi connectivity index (χ1v) is 18.0. The number of pyridine rings is 2. The van der Waals surface area contributed by atoms with Crippen molar-refractivity contribution < 1.29 is 27.6 Å².